The summed E-state index contributed by atoms with van der Waals surface area (Å²) in [5.41, 5.74) is 0. The smallest absolute Gasteiger partial charge is 0.0218 e. The number of hydrogen-bond donors (Lipinski definition) is 1. The SMILES string of the molecule is CSC1CCCC(N2CC(C(C)C)NCC2C)C1. The molecular formula is C15H30N2S. The maximum atomic E-state index is 3.72. The predicted octanol–water partition coefficient (Wildman–Crippen LogP) is 2.98. The first kappa shape index (κ1) is 14.7. The molecule has 18 heavy (non-hydrogen) atoms. The molecule has 0 aromatic heterocycles. The van der Waals surface area contributed by atoms with Gasteiger partial charge in [-0.25, -0.2) is 0 Å². The predicted molar refractivity (Wildman–Crippen MR) is 82.4 cm³/mol. The Morgan fingerprint density at radius 1 is 1.28 bits per heavy atom. The van der Waals surface area contributed by atoms with Crippen molar-refractivity contribution in [2.45, 2.75) is 69.8 Å². The van der Waals surface area contributed by atoms with E-state index in [4.69, 9.17) is 0 Å². The van der Waals surface area contributed by atoms with E-state index in [0.29, 0.717) is 12.1 Å². The maximum absolute atomic E-state index is 3.72. The molecule has 2 nitrogen and oxygen atoms in total. The van der Waals surface area contributed by atoms with Crippen LogP contribution in [0.25, 0.3) is 0 Å². The first-order valence-electron chi connectivity index (χ1n) is 7.63. The van der Waals surface area contributed by atoms with Crippen molar-refractivity contribution in [3.8, 4) is 0 Å². The van der Waals surface area contributed by atoms with Crippen molar-refractivity contribution in [2.75, 3.05) is 19.3 Å². The number of piperazine rings is 1. The van der Waals surface area contributed by atoms with Gasteiger partial charge in [-0.3, -0.25) is 4.90 Å². The molecule has 4 unspecified atom stereocenters. The van der Waals surface area contributed by atoms with Crippen LogP contribution < -0.4 is 5.32 Å². The summed E-state index contributed by atoms with van der Waals surface area (Å²) < 4.78 is 0. The molecule has 0 spiro atoms. The van der Waals surface area contributed by atoms with Gasteiger partial charge >= 0.3 is 0 Å². The lowest BCUT2D eigenvalue weighted by Crippen LogP contribution is -2.60. The Kier molecular flexibility index (Phi) is 5.40. The van der Waals surface area contributed by atoms with E-state index >= 15 is 0 Å². The fourth-order valence-electron chi connectivity index (χ4n) is 3.50. The van der Waals surface area contributed by atoms with Crippen molar-refractivity contribution in [1.29, 1.82) is 0 Å². The zero-order valence-electron chi connectivity index (χ0n) is 12.5. The lowest BCUT2D eigenvalue weighted by molar-refractivity contribution is 0.0610. The van der Waals surface area contributed by atoms with Crippen LogP contribution in [0.15, 0.2) is 0 Å². The van der Waals surface area contributed by atoms with Crippen LogP contribution in [0.5, 0.6) is 0 Å². The Balaban J connectivity index is 1.96. The molecule has 1 heterocycles. The van der Waals surface area contributed by atoms with E-state index in [1.54, 1.807) is 0 Å². The summed E-state index contributed by atoms with van der Waals surface area (Å²) in [7, 11) is 0. The molecule has 1 N–H and O–H groups in total. The highest BCUT2D eigenvalue weighted by Crippen LogP contribution is 2.31. The first-order chi connectivity index (χ1) is 8.61. The van der Waals surface area contributed by atoms with E-state index in [0.717, 1.165) is 17.2 Å². The van der Waals surface area contributed by atoms with E-state index in [1.165, 1.54) is 38.8 Å². The van der Waals surface area contributed by atoms with E-state index in [9.17, 15) is 0 Å². The Labute approximate surface area is 117 Å². The third-order valence-corrected chi connectivity index (χ3v) is 5.95. The quantitative estimate of drug-likeness (QED) is 0.849. The topological polar surface area (TPSA) is 15.3 Å². The van der Waals surface area contributed by atoms with Crippen molar-refractivity contribution in [3.05, 3.63) is 0 Å². The van der Waals surface area contributed by atoms with Gasteiger partial charge in [-0.2, -0.15) is 11.8 Å². The average molecular weight is 270 g/mol. The fraction of sp³-hybridized carbons (Fsp3) is 1.00. The third kappa shape index (κ3) is 3.43. The molecule has 0 aromatic rings. The van der Waals surface area contributed by atoms with E-state index in [2.05, 4.69) is 49.0 Å². The van der Waals surface area contributed by atoms with E-state index < -0.39 is 0 Å². The van der Waals surface area contributed by atoms with Gasteiger partial charge in [0.1, 0.15) is 0 Å². The van der Waals surface area contributed by atoms with Crippen LogP contribution in [0, 0.1) is 5.92 Å². The summed E-state index contributed by atoms with van der Waals surface area (Å²) in [5.74, 6) is 0.750. The van der Waals surface area contributed by atoms with Gasteiger partial charge in [-0.05, 0) is 38.4 Å². The molecule has 0 bridgehead atoms. The van der Waals surface area contributed by atoms with Gasteiger partial charge in [-0.15, -0.1) is 0 Å². The number of nitrogens with zero attached hydrogens (tertiary/aromatic N) is 1. The highest BCUT2D eigenvalue weighted by Gasteiger charge is 2.34. The molecule has 1 saturated heterocycles. The lowest BCUT2D eigenvalue weighted by atomic mass is 9.90. The van der Waals surface area contributed by atoms with Crippen LogP contribution in [0.3, 0.4) is 0 Å². The number of rotatable bonds is 3. The van der Waals surface area contributed by atoms with Crippen LogP contribution in [-0.2, 0) is 0 Å². The Morgan fingerprint density at radius 3 is 2.72 bits per heavy atom. The molecule has 4 atom stereocenters. The Bertz CT molecular complexity index is 257. The van der Waals surface area contributed by atoms with Gasteiger partial charge in [-0.1, -0.05) is 20.3 Å². The molecule has 2 rings (SSSR count). The molecule has 1 saturated carbocycles. The molecule has 2 fully saturated rings. The molecular weight excluding hydrogens is 240 g/mol. The van der Waals surface area contributed by atoms with Crippen LogP contribution in [-0.4, -0.2) is 47.6 Å². The van der Waals surface area contributed by atoms with Gasteiger partial charge in [0.05, 0.1) is 0 Å². The second-order valence-corrected chi connectivity index (χ2v) is 7.62. The molecule has 3 heteroatoms. The summed E-state index contributed by atoms with van der Waals surface area (Å²) in [4.78, 5) is 2.81. The van der Waals surface area contributed by atoms with Crippen molar-refractivity contribution >= 4 is 11.8 Å². The third-order valence-electron chi connectivity index (χ3n) is 4.85. The number of thioether (sulfide) groups is 1. The lowest BCUT2D eigenvalue weighted by Gasteiger charge is -2.46. The Hall–Kier alpha value is 0.270. The van der Waals surface area contributed by atoms with Crippen molar-refractivity contribution in [2.24, 2.45) is 5.92 Å². The zero-order valence-corrected chi connectivity index (χ0v) is 13.3. The summed E-state index contributed by atoms with van der Waals surface area (Å²) in [6.07, 6.45) is 7.98. The van der Waals surface area contributed by atoms with Gasteiger partial charge in [0.2, 0.25) is 0 Å². The van der Waals surface area contributed by atoms with Crippen molar-refractivity contribution in [1.82, 2.24) is 10.2 Å². The molecule has 0 aromatic carbocycles. The minimum atomic E-state index is 0.691. The van der Waals surface area contributed by atoms with Gasteiger partial charge in [0.25, 0.3) is 0 Å². The van der Waals surface area contributed by atoms with Gasteiger partial charge in [0, 0.05) is 36.5 Å². The van der Waals surface area contributed by atoms with Gasteiger partial charge in [0.15, 0.2) is 0 Å². The van der Waals surface area contributed by atoms with E-state index in [-0.39, 0.29) is 0 Å². The van der Waals surface area contributed by atoms with E-state index in [1.807, 2.05) is 0 Å². The number of hydrogen-bond acceptors (Lipinski definition) is 3. The molecule has 1 aliphatic carbocycles. The fourth-order valence-corrected chi connectivity index (χ4v) is 4.32. The second-order valence-electron chi connectivity index (χ2n) is 6.48. The highest BCUT2D eigenvalue weighted by molar-refractivity contribution is 7.99. The standard InChI is InChI=1S/C15H30N2S/c1-11(2)15-10-17(12(3)9-16-15)13-6-5-7-14(8-13)18-4/h11-16H,5-10H2,1-4H3. The summed E-state index contributed by atoms with van der Waals surface area (Å²) in [6, 6.07) is 2.25. The van der Waals surface area contributed by atoms with Crippen LogP contribution in [0.2, 0.25) is 0 Å². The minimum absolute atomic E-state index is 0.691. The maximum Gasteiger partial charge on any atom is 0.0218 e. The summed E-state index contributed by atoms with van der Waals surface area (Å²) in [6.45, 7) is 9.51. The van der Waals surface area contributed by atoms with Crippen molar-refractivity contribution in [3.63, 3.8) is 0 Å². The minimum Gasteiger partial charge on any atom is -0.311 e. The molecule has 0 radical (unpaired) electrons. The largest absolute Gasteiger partial charge is 0.311 e. The van der Waals surface area contributed by atoms with Crippen LogP contribution in [0.1, 0.15) is 46.5 Å². The normalized spacial score (nSPS) is 39.2. The Morgan fingerprint density at radius 2 is 2.06 bits per heavy atom. The zero-order chi connectivity index (χ0) is 13.1. The van der Waals surface area contributed by atoms with Crippen LogP contribution >= 0.6 is 11.8 Å². The molecule has 1 aliphatic heterocycles. The van der Waals surface area contributed by atoms with Crippen molar-refractivity contribution < 1.29 is 0 Å². The summed E-state index contributed by atoms with van der Waals surface area (Å²) >= 11 is 2.08. The highest BCUT2D eigenvalue weighted by atomic mass is 32.2. The number of nitrogens with one attached hydrogen (secondary N) is 1. The average Bonchev–Trinajstić information content (AvgIpc) is 2.39. The molecule has 0 amide bonds. The molecule has 2 aliphatic rings. The van der Waals surface area contributed by atoms with Gasteiger partial charge < -0.3 is 5.32 Å². The second kappa shape index (κ2) is 6.62. The monoisotopic (exact) mass is 270 g/mol. The summed E-state index contributed by atoms with van der Waals surface area (Å²) in [5, 5.41) is 4.62. The van der Waals surface area contributed by atoms with Crippen LogP contribution in [0.4, 0.5) is 0 Å². The first-order valence-corrected chi connectivity index (χ1v) is 8.92. The molecule has 106 valence electrons.